The van der Waals surface area contributed by atoms with Crippen LogP contribution in [0.4, 0.5) is 0 Å². The zero-order valence-corrected chi connectivity index (χ0v) is 12.0. The first-order valence-electron chi connectivity index (χ1n) is 6.81. The Bertz CT molecular complexity index is 590. The van der Waals surface area contributed by atoms with E-state index in [1.165, 1.54) is 6.20 Å². The third kappa shape index (κ3) is 3.23. The van der Waals surface area contributed by atoms with Crippen molar-refractivity contribution in [2.75, 3.05) is 0 Å². The first-order chi connectivity index (χ1) is 9.61. The number of carbonyl (C=O) groups excluding carboxylic acids is 1. The van der Waals surface area contributed by atoms with Gasteiger partial charge in [0, 0.05) is 12.1 Å². The average Bonchev–Trinajstić information content (AvgIpc) is 2.86. The van der Waals surface area contributed by atoms with E-state index < -0.39 is 0 Å². The minimum Gasteiger partial charge on any atom is -0.491 e. The van der Waals surface area contributed by atoms with Gasteiger partial charge >= 0.3 is 0 Å². The van der Waals surface area contributed by atoms with Gasteiger partial charge < -0.3 is 4.74 Å². The van der Waals surface area contributed by atoms with Crippen molar-refractivity contribution >= 4 is 5.78 Å². The van der Waals surface area contributed by atoms with Gasteiger partial charge in [0.15, 0.2) is 0 Å². The molecule has 0 bridgehead atoms. The summed E-state index contributed by atoms with van der Waals surface area (Å²) in [6.07, 6.45) is 2.49. The molecule has 0 saturated carbocycles. The van der Waals surface area contributed by atoms with Crippen molar-refractivity contribution in [2.24, 2.45) is 0 Å². The molecule has 0 aliphatic heterocycles. The molecule has 2 aromatic rings. The minimum atomic E-state index is -0.0855. The number of rotatable bonds is 6. The molecule has 0 aliphatic carbocycles. The van der Waals surface area contributed by atoms with E-state index in [4.69, 9.17) is 4.74 Å². The van der Waals surface area contributed by atoms with Gasteiger partial charge in [-0.25, -0.2) is 4.68 Å². The number of carbonyl (C=O) groups is 1. The molecule has 0 N–H and O–H groups in total. The number of ether oxygens (including phenoxy) is 1. The van der Waals surface area contributed by atoms with Gasteiger partial charge in [0.05, 0.1) is 12.3 Å². The summed E-state index contributed by atoms with van der Waals surface area (Å²) in [5, 5.41) is 7.76. The molecule has 2 rings (SSSR count). The number of hydrogen-bond donors (Lipinski definition) is 0. The lowest BCUT2D eigenvalue weighted by Gasteiger charge is -2.10. The smallest absolute Gasteiger partial charge is 0.212 e. The Balaban J connectivity index is 2.26. The summed E-state index contributed by atoms with van der Waals surface area (Å²) in [7, 11) is 0. The van der Waals surface area contributed by atoms with Crippen LogP contribution < -0.4 is 4.74 Å². The predicted molar refractivity (Wildman–Crippen MR) is 76.0 cm³/mol. The molecule has 0 atom stereocenters. The zero-order valence-electron chi connectivity index (χ0n) is 12.0. The van der Waals surface area contributed by atoms with E-state index in [1.807, 2.05) is 32.9 Å². The minimum absolute atomic E-state index is 0.0765. The molecule has 20 heavy (non-hydrogen) atoms. The van der Waals surface area contributed by atoms with E-state index in [2.05, 4.69) is 10.3 Å². The highest BCUT2D eigenvalue weighted by atomic mass is 16.5. The SMILES string of the molecule is CCCn1nncc1C(=O)c1cccc(OC(C)C)c1. The summed E-state index contributed by atoms with van der Waals surface area (Å²) in [5.74, 6) is 0.609. The van der Waals surface area contributed by atoms with Crippen LogP contribution in [0.2, 0.25) is 0 Å². The van der Waals surface area contributed by atoms with E-state index in [0.29, 0.717) is 23.6 Å². The fourth-order valence-corrected chi connectivity index (χ4v) is 1.94. The Morgan fingerprint density at radius 2 is 2.20 bits per heavy atom. The van der Waals surface area contributed by atoms with Gasteiger partial charge in [0.25, 0.3) is 0 Å². The van der Waals surface area contributed by atoms with Gasteiger partial charge in [-0.3, -0.25) is 4.79 Å². The quantitative estimate of drug-likeness (QED) is 0.759. The predicted octanol–water partition coefficient (Wildman–Crippen LogP) is 2.71. The third-order valence-electron chi connectivity index (χ3n) is 2.75. The largest absolute Gasteiger partial charge is 0.491 e. The molecule has 0 spiro atoms. The Hall–Kier alpha value is -2.17. The second-order valence-corrected chi connectivity index (χ2v) is 4.87. The molecule has 0 radical (unpaired) electrons. The van der Waals surface area contributed by atoms with Crippen LogP contribution in [0.3, 0.4) is 0 Å². The molecule has 0 unspecified atom stereocenters. The van der Waals surface area contributed by atoms with Gasteiger partial charge in [-0.2, -0.15) is 0 Å². The second kappa shape index (κ2) is 6.32. The highest BCUT2D eigenvalue weighted by molar-refractivity contribution is 6.07. The molecule has 0 aliphatic rings. The van der Waals surface area contributed by atoms with Gasteiger partial charge in [-0.15, -0.1) is 5.10 Å². The summed E-state index contributed by atoms with van der Waals surface area (Å²) in [6, 6.07) is 7.20. The van der Waals surface area contributed by atoms with E-state index >= 15 is 0 Å². The number of hydrogen-bond acceptors (Lipinski definition) is 4. The molecule has 1 heterocycles. The number of aryl methyl sites for hydroxylation is 1. The zero-order chi connectivity index (χ0) is 14.5. The van der Waals surface area contributed by atoms with Crippen LogP contribution >= 0.6 is 0 Å². The number of benzene rings is 1. The highest BCUT2D eigenvalue weighted by Gasteiger charge is 2.15. The van der Waals surface area contributed by atoms with Crippen molar-refractivity contribution in [1.82, 2.24) is 15.0 Å². The topological polar surface area (TPSA) is 57.0 Å². The Labute approximate surface area is 118 Å². The maximum Gasteiger partial charge on any atom is 0.212 e. The summed E-state index contributed by atoms with van der Waals surface area (Å²) >= 11 is 0. The van der Waals surface area contributed by atoms with Crippen molar-refractivity contribution in [1.29, 1.82) is 0 Å². The first kappa shape index (κ1) is 14.2. The molecule has 5 nitrogen and oxygen atoms in total. The van der Waals surface area contributed by atoms with Crippen molar-refractivity contribution in [3.05, 3.63) is 41.7 Å². The lowest BCUT2D eigenvalue weighted by atomic mass is 10.1. The number of nitrogens with zero attached hydrogens (tertiary/aromatic N) is 3. The molecular weight excluding hydrogens is 254 g/mol. The Kier molecular flexibility index (Phi) is 4.50. The molecule has 0 amide bonds. The molecule has 106 valence electrons. The van der Waals surface area contributed by atoms with Gasteiger partial charge in [0.1, 0.15) is 11.4 Å². The standard InChI is InChI=1S/C15H19N3O2/c1-4-8-18-14(10-16-17-18)15(19)12-6-5-7-13(9-12)20-11(2)3/h5-7,9-11H,4,8H2,1-3H3. The molecule has 1 aromatic carbocycles. The summed E-state index contributed by atoms with van der Waals surface area (Å²) < 4.78 is 7.25. The van der Waals surface area contributed by atoms with Crippen molar-refractivity contribution in [3.8, 4) is 5.75 Å². The van der Waals surface area contributed by atoms with Crippen LogP contribution in [-0.2, 0) is 6.54 Å². The third-order valence-corrected chi connectivity index (χ3v) is 2.75. The van der Waals surface area contributed by atoms with Crippen LogP contribution in [0.1, 0.15) is 43.2 Å². The molecule has 1 aromatic heterocycles. The number of ketones is 1. The van der Waals surface area contributed by atoms with E-state index in [0.717, 1.165) is 6.42 Å². The summed E-state index contributed by atoms with van der Waals surface area (Å²) in [5.41, 5.74) is 1.09. The molecule has 5 heteroatoms. The van der Waals surface area contributed by atoms with E-state index in [-0.39, 0.29) is 11.9 Å². The first-order valence-corrected chi connectivity index (χ1v) is 6.81. The van der Waals surface area contributed by atoms with Crippen LogP contribution in [-0.4, -0.2) is 26.9 Å². The Morgan fingerprint density at radius 1 is 1.40 bits per heavy atom. The summed E-state index contributed by atoms with van der Waals surface area (Å²) in [4.78, 5) is 12.5. The lowest BCUT2D eigenvalue weighted by Crippen LogP contribution is -2.12. The second-order valence-electron chi connectivity index (χ2n) is 4.87. The fourth-order valence-electron chi connectivity index (χ4n) is 1.94. The molecule has 0 fully saturated rings. The van der Waals surface area contributed by atoms with Crippen molar-refractivity contribution in [2.45, 2.75) is 39.8 Å². The lowest BCUT2D eigenvalue weighted by molar-refractivity contribution is 0.102. The van der Waals surface area contributed by atoms with Crippen LogP contribution in [0.15, 0.2) is 30.5 Å². The molecule has 0 saturated heterocycles. The fraction of sp³-hybridized carbons (Fsp3) is 0.400. The van der Waals surface area contributed by atoms with Gasteiger partial charge in [-0.05, 0) is 32.4 Å². The van der Waals surface area contributed by atoms with E-state index in [9.17, 15) is 4.79 Å². The van der Waals surface area contributed by atoms with Crippen molar-refractivity contribution < 1.29 is 9.53 Å². The van der Waals surface area contributed by atoms with Crippen LogP contribution in [0.25, 0.3) is 0 Å². The Morgan fingerprint density at radius 3 is 2.90 bits per heavy atom. The summed E-state index contributed by atoms with van der Waals surface area (Å²) in [6.45, 7) is 6.62. The number of aromatic nitrogens is 3. The van der Waals surface area contributed by atoms with Crippen molar-refractivity contribution in [3.63, 3.8) is 0 Å². The highest BCUT2D eigenvalue weighted by Crippen LogP contribution is 2.17. The normalized spacial score (nSPS) is 10.8. The van der Waals surface area contributed by atoms with Gasteiger partial charge in [-0.1, -0.05) is 24.3 Å². The monoisotopic (exact) mass is 273 g/mol. The van der Waals surface area contributed by atoms with Crippen LogP contribution in [0, 0.1) is 0 Å². The van der Waals surface area contributed by atoms with E-state index in [1.54, 1.807) is 16.8 Å². The molecular formula is C15H19N3O2. The average molecular weight is 273 g/mol. The van der Waals surface area contributed by atoms with Crippen LogP contribution in [0.5, 0.6) is 5.75 Å². The maximum absolute atomic E-state index is 12.5. The van der Waals surface area contributed by atoms with Gasteiger partial charge in [0.2, 0.25) is 5.78 Å². The maximum atomic E-state index is 12.5.